The molecule has 3 atom stereocenters. The first-order valence-electron chi connectivity index (χ1n) is 7.38. The number of ether oxygens (including phenoxy) is 2. The third kappa shape index (κ3) is 4.75. The summed E-state index contributed by atoms with van der Waals surface area (Å²) in [6.45, 7) is 6.21. The van der Waals surface area contributed by atoms with Crippen LogP contribution in [0.2, 0.25) is 0 Å². The largest absolute Gasteiger partial charge is 0.481 e. The number of hydrogen-bond donors (Lipinski definition) is 1. The lowest BCUT2D eigenvalue weighted by Crippen LogP contribution is -2.36. The van der Waals surface area contributed by atoms with Crippen LogP contribution in [0.4, 0.5) is 0 Å². The summed E-state index contributed by atoms with van der Waals surface area (Å²) >= 11 is 0. The highest BCUT2D eigenvalue weighted by Gasteiger charge is 2.30. The molecule has 0 saturated carbocycles. The quantitative estimate of drug-likeness (QED) is 0.797. The van der Waals surface area contributed by atoms with Gasteiger partial charge in [0.15, 0.2) is 6.29 Å². The number of carboxylic acids is 1. The monoisotopic (exact) mass is 271 g/mol. The fraction of sp³-hybridized carbons (Fsp3) is 0.929. The van der Waals surface area contributed by atoms with E-state index in [2.05, 4.69) is 11.8 Å². The Morgan fingerprint density at radius 1 is 1.47 bits per heavy atom. The lowest BCUT2D eigenvalue weighted by atomic mass is 9.94. The Bertz CT molecular complexity index is 297. The maximum Gasteiger partial charge on any atom is 0.303 e. The van der Waals surface area contributed by atoms with Crippen LogP contribution >= 0.6 is 0 Å². The highest BCUT2D eigenvalue weighted by atomic mass is 16.7. The Labute approximate surface area is 114 Å². The predicted octanol–water partition coefficient (Wildman–Crippen LogP) is 1.71. The molecule has 2 saturated heterocycles. The molecule has 2 aliphatic rings. The summed E-state index contributed by atoms with van der Waals surface area (Å²) in [6.07, 6.45) is 4.01. The van der Waals surface area contributed by atoms with Crippen molar-refractivity contribution in [3.63, 3.8) is 0 Å². The molecule has 0 aliphatic carbocycles. The predicted molar refractivity (Wildman–Crippen MR) is 70.9 cm³/mol. The zero-order valence-electron chi connectivity index (χ0n) is 11.7. The maximum absolute atomic E-state index is 10.5. The normalized spacial score (nSPS) is 32.6. The molecule has 1 N–H and O–H groups in total. The van der Waals surface area contributed by atoms with Crippen LogP contribution in [-0.4, -0.2) is 54.6 Å². The van der Waals surface area contributed by atoms with Gasteiger partial charge in [-0.05, 0) is 38.3 Å². The Hall–Kier alpha value is -0.650. The Balaban J connectivity index is 1.68. The summed E-state index contributed by atoms with van der Waals surface area (Å²) in [5, 5.41) is 8.66. The van der Waals surface area contributed by atoms with E-state index in [1.54, 1.807) is 0 Å². The second-order valence-corrected chi connectivity index (χ2v) is 5.59. The van der Waals surface area contributed by atoms with Crippen molar-refractivity contribution in [3.05, 3.63) is 0 Å². The molecule has 2 aliphatic heterocycles. The van der Waals surface area contributed by atoms with Crippen molar-refractivity contribution in [1.82, 2.24) is 4.90 Å². The molecule has 0 aromatic rings. The SMILES string of the molecule is CCN1CCCC(CC2OCC(CCC(=O)O)O2)C1. The average molecular weight is 271 g/mol. The zero-order valence-corrected chi connectivity index (χ0v) is 11.7. The van der Waals surface area contributed by atoms with Crippen LogP contribution in [0.5, 0.6) is 0 Å². The molecule has 110 valence electrons. The summed E-state index contributed by atoms with van der Waals surface area (Å²) in [5.74, 6) is -0.116. The molecule has 5 heteroatoms. The van der Waals surface area contributed by atoms with Gasteiger partial charge in [0.05, 0.1) is 12.7 Å². The van der Waals surface area contributed by atoms with E-state index in [4.69, 9.17) is 14.6 Å². The van der Waals surface area contributed by atoms with E-state index in [0.29, 0.717) is 18.9 Å². The van der Waals surface area contributed by atoms with E-state index in [9.17, 15) is 4.79 Å². The van der Waals surface area contributed by atoms with Gasteiger partial charge in [-0.3, -0.25) is 4.79 Å². The number of hydrogen-bond acceptors (Lipinski definition) is 4. The van der Waals surface area contributed by atoms with E-state index < -0.39 is 5.97 Å². The second-order valence-electron chi connectivity index (χ2n) is 5.59. The molecule has 0 radical (unpaired) electrons. The van der Waals surface area contributed by atoms with Crippen LogP contribution in [0.1, 0.15) is 39.0 Å². The van der Waals surface area contributed by atoms with E-state index in [0.717, 1.165) is 19.5 Å². The van der Waals surface area contributed by atoms with Gasteiger partial charge in [0.1, 0.15) is 0 Å². The molecule has 3 unspecified atom stereocenters. The van der Waals surface area contributed by atoms with E-state index >= 15 is 0 Å². The highest BCUT2D eigenvalue weighted by molar-refractivity contribution is 5.66. The van der Waals surface area contributed by atoms with Crippen molar-refractivity contribution in [2.75, 3.05) is 26.2 Å². The number of carbonyl (C=O) groups is 1. The Morgan fingerprint density at radius 2 is 2.32 bits per heavy atom. The van der Waals surface area contributed by atoms with Crippen LogP contribution in [0.25, 0.3) is 0 Å². The van der Waals surface area contributed by atoms with Crippen LogP contribution in [0.15, 0.2) is 0 Å². The fourth-order valence-electron chi connectivity index (χ4n) is 2.97. The first kappa shape index (κ1) is 14.8. The molecular weight excluding hydrogens is 246 g/mol. The van der Waals surface area contributed by atoms with Crippen molar-refractivity contribution in [2.45, 2.75) is 51.4 Å². The van der Waals surface area contributed by atoms with Gasteiger partial charge in [-0.1, -0.05) is 6.92 Å². The van der Waals surface area contributed by atoms with Crippen molar-refractivity contribution >= 4 is 5.97 Å². The van der Waals surface area contributed by atoms with Gasteiger partial charge in [-0.25, -0.2) is 0 Å². The minimum Gasteiger partial charge on any atom is -0.481 e. The fourth-order valence-corrected chi connectivity index (χ4v) is 2.97. The molecule has 2 rings (SSSR count). The molecule has 0 spiro atoms. The second kappa shape index (κ2) is 7.22. The molecule has 0 amide bonds. The van der Waals surface area contributed by atoms with Crippen LogP contribution in [-0.2, 0) is 14.3 Å². The number of likely N-dealkylation sites (tertiary alicyclic amines) is 1. The number of nitrogens with zero attached hydrogens (tertiary/aromatic N) is 1. The number of carboxylic acid groups (broad SMARTS) is 1. The van der Waals surface area contributed by atoms with Crippen molar-refractivity contribution in [3.8, 4) is 0 Å². The van der Waals surface area contributed by atoms with Crippen molar-refractivity contribution in [2.24, 2.45) is 5.92 Å². The summed E-state index contributed by atoms with van der Waals surface area (Å²) in [5.41, 5.74) is 0. The average Bonchev–Trinajstić information content (AvgIpc) is 2.84. The summed E-state index contributed by atoms with van der Waals surface area (Å²) in [6, 6.07) is 0. The standard InChI is InChI=1S/C14H25NO4/c1-2-15-7-3-4-11(9-15)8-14-18-10-12(19-14)5-6-13(16)17/h11-12,14H,2-10H2,1H3,(H,16,17). The van der Waals surface area contributed by atoms with Gasteiger partial charge in [-0.2, -0.15) is 0 Å². The molecule has 2 fully saturated rings. The smallest absolute Gasteiger partial charge is 0.303 e. The first-order chi connectivity index (χ1) is 9.17. The maximum atomic E-state index is 10.5. The number of aliphatic carboxylic acids is 1. The third-order valence-corrected chi connectivity index (χ3v) is 4.07. The van der Waals surface area contributed by atoms with Gasteiger partial charge in [0.2, 0.25) is 0 Å². The highest BCUT2D eigenvalue weighted by Crippen LogP contribution is 2.26. The number of rotatable bonds is 6. The molecular formula is C14H25NO4. The summed E-state index contributed by atoms with van der Waals surface area (Å²) < 4.78 is 11.4. The van der Waals surface area contributed by atoms with E-state index in [1.807, 2.05) is 0 Å². The zero-order chi connectivity index (χ0) is 13.7. The van der Waals surface area contributed by atoms with Gasteiger partial charge >= 0.3 is 5.97 Å². The molecule has 19 heavy (non-hydrogen) atoms. The molecule has 0 bridgehead atoms. The molecule has 0 aromatic heterocycles. The minimum absolute atomic E-state index is 0.0352. The van der Waals surface area contributed by atoms with E-state index in [-0.39, 0.29) is 18.8 Å². The summed E-state index contributed by atoms with van der Waals surface area (Å²) in [4.78, 5) is 13.0. The van der Waals surface area contributed by atoms with Gasteiger partial charge in [0.25, 0.3) is 0 Å². The lowest BCUT2D eigenvalue weighted by molar-refractivity contribution is -0.138. The lowest BCUT2D eigenvalue weighted by Gasteiger charge is -2.32. The Kier molecular flexibility index (Phi) is 5.60. The minimum atomic E-state index is -0.766. The Morgan fingerprint density at radius 3 is 3.05 bits per heavy atom. The van der Waals surface area contributed by atoms with Gasteiger partial charge < -0.3 is 19.5 Å². The van der Waals surface area contributed by atoms with Gasteiger partial charge in [0, 0.05) is 19.4 Å². The first-order valence-corrected chi connectivity index (χ1v) is 7.38. The summed E-state index contributed by atoms with van der Waals surface area (Å²) in [7, 11) is 0. The topological polar surface area (TPSA) is 59.0 Å². The van der Waals surface area contributed by atoms with E-state index in [1.165, 1.54) is 19.4 Å². The molecule has 2 heterocycles. The van der Waals surface area contributed by atoms with Crippen molar-refractivity contribution < 1.29 is 19.4 Å². The van der Waals surface area contributed by atoms with Gasteiger partial charge in [-0.15, -0.1) is 0 Å². The molecule has 5 nitrogen and oxygen atoms in total. The molecule has 0 aromatic carbocycles. The third-order valence-electron chi connectivity index (χ3n) is 4.07. The van der Waals surface area contributed by atoms with Crippen LogP contribution in [0, 0.1) is 5.92 Å². The van der Waals surface area contributed by atoms with Crippen LogP contribution in [0.3, 0.4) is 0 Å². The van der Waals surface area contributed by atoms with Crippen LogP contribution < -0.4 is 0 Å². The number of piperidine rings is 1. The van der Waals surface area contributed by atoms with Crippen molar-refractivity contribution in [1.29, 1.82) is 0 Å².